The summed E-state index contributed by atoms with van der Waals surface area (Å²) in [6.07, 6.45) is 1.62. The predicted molar refractivity (Wildman–Crippen MR) is 75.5 cm³/mol. The minimum atomic E-state index is -0.193. The Hall–Kier alpha value is -2.33. The number of benzene rings is 2. The summed E-state index contributed by atoms with van der Waals surface area (Å²) in [5.74, 6) is -0.193. The van der Waals surface area contributed by atoms with Gasteiger partial charge in [0.05, 0.1) is 17.4 Å². The van der Waals surface area contributed by atoms with E-state index in [1.165, 1.54) is 0 Å². The number of hydrogen-bond donors (Lipinski definition) is 2. The van der Waals surface area contributed by atoms with Gasteiger partial charge in [0, 0.05) is 16.3 Å². The fourth-order valence-corrected chi connectivity index (χ4v) is 2.04. The third kappa shape index (κ3) is 2.44. The molecule has 1 heterocycles. The Balaban J connectivity index is 1.86. The Kier molecular flexibility index (Phi) is 2.93. The average Bonchev–Trinajstić information content (AvgIpc) is 2.86. The van der Waals surface area contributed by atoms with E-state index in [2.05, 4.69) is 15.3 Å². The van der Waals surface area contributed by atoms with Crippen LogP contribution in [-0.4, -0.2) is 15.9 Å². The molecule has 2 aromatic carbocycles. The molecule has 0 saturated heterocycles. The van der Waals surface area contributed by atoms with Crippen LogP contribution in [0, 0.1) is 0 Å². The predicted octanol–water partition coefficient (Wildman–Crippen LogP) is 3.47. The van der Waals surface area contributed by atoms with Crippen LogP contribution in [0.4, 0.5) is 5.69 Å². The number of halogens is 1. The zero-order valence-corrected chi connectivity index (χ0v) is 10.6. The second-order valence-corrected chi connectivity index (χ2v) is 4.54. The second kappa shape index (κ2) is 4.74. The van der Waals surface area contributed by atoms with E-state index in [9.17, 15) is 4.79 Å². The number of anilines is 1. The molecular formula is C14H10ClN3O. The molecule has 5 heteroatoms. The molecule has 0 radical (unpaired) electrons. The number of aromatic amines is 1. The molecule has 0 bridgehead atoms. The van der Waals surface area contributed by atoms with Gasteiger partial charge in [-0.2, -0.15) is 0 Å². The molecule has 0 spiro atoms. The molecule has 0 atom stereocenters. The Morgan fingerprint density at radius 2 is 2.11 bits per heavy atom. The highest BCUT2D eigenvalue weighted by Gasteiger charge is 2.07. The average molecular weight is 272 g/mol. The van der Waals surface area contributed by atoms with Gasteiger partial charge in [-0.1, -0.05) is 17.7 Å². The van der Waals surface area contributed by atoms with Crippen molar-refractivity contribution >= 4 is 34.2 Å². The van der Waals surface area contributed by atoms with E-state index in [1.54, 1.807) is 30.6 Å². The van der Waals surface area contributed by atoms with Crippen LogP contribution < -0.4 is 5.32 Å². The van der Waals surface area contributed by atoms with Gasteiger partial charge in [-0.25, -0.2) is 4.98 Å². The Labute approximate surface area is 114 Å². The van der Waals surface area contributed by atoms with Crippen molar-refractivity contribution in [2.75, 3.05) is 5.32 Å². The quantitative estimate of drug-likeness (QED) is 0.750. The van der Waals surface area contributed by atoms with E-state index in [4.69, 9.17) is 11.6 Å². The van der Waals surface area contributed by atoms with Crippen LogP contribution in [0.15, 0.2) is 48.8 Å². The van der Waals surface area contributed by atoms with Crippen molar-refractivity contribution in [3.63, 3.8) is 0 Å². The Morgan fingerprint density at radius 3 is 2.95 bits per heavy atom. The first-order chi connectivity index (χ1) is 9.22. The standard InChI is InChI=1S/C14H10ClN3O/c15-10-3-1-2-9(6-10)14(19)18-11-4-5-12-13(7-11)17-8-16-12/h1-8H,(H,16,17)(H,18,19). The maximum atomic E-state index is 12.0. The van der Waals surface area contributed by atoms with Crippen LogP contribution >= 0.6 is 11.6 Å². The van der Waals surface area contributed by atoms with Gasteiger partial charge >= 0.3 is 0 Å². The number of imidazole rings is 1. The fraction of sp³-hybridized carbons (Fsp3) is 0. The smallest absolute Gasteiger partial charge is 0.255 e. The monoisotopic (exact) mass is 271 g/mol. The first kappa shape index (κ1) is 11.7. The van der Waals surface area contributed by atoms with Crippen molar-refractivity contribution in [1.82, 2.24) is 9.97 Å². The molecule has 0 aliphatic carbocycles. The summed E-state index contributed by atoms with van der Waals surface area (Å²) in [6.45, 7) is 0. The van der Waals surface area contributed by atoms with E-state index >= 15 is 0 Å². The Morgan fingerprint density at radius 1 is 1.21 bits per heavy atom. The third-order valence-corrected chi connectivity index (χ3v) is 3.00. The minimum Gasteiger partial charge on any atom is -0.345 e. The lowest BCUT2D eigenvalue weighted by atomic mass is 10.2. The van der Waals surface area contributed by atoms with Crippen LogP contribution in [0.2, 0.25) is 5.02 Å². The molecule has 1 aromatic heterocycles. The van der Waals surface area contributed by atoms with Gasteiger partial charge in [-0.15, -0.1) is 0 Å². The summed E-state index contributed by atoms with van der Waals surface area (Å²) < 4.78 is 0. The maximum absolute atomic E-state index is 12.0. The van der Waals surface area contributed by atoms with Crippen LogP contribution in [0.1, 0.15) is 10.4 Å². The van der Waals surface area contributed by atoms with E-state index < -0.39 is 0 Å². The molecule has 0 fully saturated rings. The van der Waals surface area contributed by atoms with Crippen molar-refractivity contribution in [2.45, 2.75) is 0 Å². The molecule has 3 aromatic rings. The summed E-state index contributed by atoms with van der Waals surface area (Å²) in [7, 11) is 0. The number of carbonyl (C=O) groups excluding carboxylic acids is 1. The SMILES string of the molecule is O=C(Nc1ccc2nc[nH]c2c1)c1cccc(Cl)c1. The molecule has 94 valence electrons. The van der Waals surface area contributed by atoms with Gasteiger partial charge < -0.3 is 10.3 Å². The number of rotatable bonds is 2. The molecule has 0 aliphatic rings. The Bertz CT molecular complexity index is 751. The summed E-state index contributed by atoms with van der Waals surface area (Å²) in [6, 6.07) is 12.3. The molecule has 1 amide bonds. The first-order valence-corrected chi connectivity index (χ1v) is 6.10. The lowest BCUT2D eigenvalue weighted by Gasteiger charge is -2.05. The molecule has 0 unspecified atom stereocenters. The zero-order chi connectivity index (χ0) is 13.2. The molecule has 0 aliphatic heterocycles. The number of carbonyl (C=O) groups is 1. The molecule has 2 N–H and O–H groups in total. The molecule has 19 heavy (non-hydrogen) atoms. The number of nitrogens with one attached hydrogen (secondary N) is 2. The summed E-state index contributed by atoms with van der Waals surface area (Å²) in [5.41, 5.74) is 2.98. The summed E-state index contributed by atoms with van der Waals surface area (Å²) in [5, 5.41) is 3.36. The van der Waals surface area contributed by atoms with Crippen LogP contribution in [0.25, 0.3) is 11.0 Å². The summed E-state index contributed by atoms with van der Waals surface area (Å²) >= 11 is 5.86. The van der Waals surface area contributed by atoms with Crippen molar-refractivity contribution in [1.29, 1.82) is 0 Å². The van der Waals surface area contributed by atoms with Gasteiger partial charge in [0.1, 0.15) is 0 Å². The van der Waals surface area contributed by atoms with Gasteiger partial charge in [0.2, 0.25) is 0 Å². The van der Waals surface area contributed by atoms with Crippen LogP contribution in [0.5, 0.6) is 0 Å². The topological polar surface area (TPSA) is 57.8 Å². The zero-order valence-electron chi connectivity index (χ0n) is 9.85. The summed E-state index contributed by atoms with van der Waals surface area (Å²) in [4.78, 5) is 19.2. The van der Waals surface area contributed by atoms with Crippen LogP contribution in [0.3, 0.4) is 0 Å². The minimum absolute atomic E-state index is 0.193. The molecular weight excluding hydrogens is 262 g/mol. The van der Waals surface area contributed by atoms with Gasteiger partial charge in [-0.05, 0) is 36.4 Å². The van der Waals surface area contributed by atoms with Crippen molar-refractivity contribution in [3.05, 3.63) is 59.4 Å². The normalized spacial score (nSPS) is 10.6. The number of nitrogens with zero attached hydrogens (tertiary/aromatic N) is 1. The number of amides is 1. The van der Waals surface area contributed by atoms with Crippen molar-refractivity contribution in [2.24, 2.45) is 0 Å². The number of hydrogen-bond acceptors (Lipinski definition) is 2. The highest BCUT2D eigenvalue weighted by Crippen LogP contribution is 2.17. The van der Waals surface area contributed by atoms with Gasteiger partial charge in [-0.3, -0.25) is 4.79 Å². The van der Waals surface area contributed by atoms with Crippen molar-refractivity contribution < 1.29 is 4.79 Å². The van der Waals surface area contributed by atoms with E-state index in [0.717, 1.165) is 11.0 Å². The highest BCUT2D eigenvalue weighted by molar-refractivity contribution is 6.31. The molecule has 4 nitrogen and oxygen atoms in total. The van der Waals surface area contributed by atoms with Gasteiger partial charge in [0.15, 0.2) is 0 Å². The highest BCUT2D eigenvalue weighted by atomic mass is 35.5. The molecule has 0 saturated carbocycles. The number of fused-ring (bicyclic) bond motifs is 1. The van der Waals surface area contributed by atoms with Crippen LogP contribution in [-0.2, 0) is 0 Å². The second-order valence-electron chi connectivity index (χ2n) is 4.10. The number of H-pyrrole nitrogens is 1. The van der Waals surface area contributed by atoms with Gasteiger partial charge in [0.25, 0.3) is 5.91 Å². The van der Waals surface area contributed by atoms with E-state index in [0.29, 0.717) is 16.3 Å². The third-order valence-electron chi connectivity index (χ3n) is 2.76. The van der Waals surface area contributed by atoms with E-state index in [-0.39, 0.29) is 5.91 Å². The fourth-order valence-electron chi connectivity index (χ4n) is 1.85. The van der Waals surface area contributed by atoms with E-state index in [1.807, 2.05) is 18.2 Å². The lowest BCUT2D eigenvalue weighted by Crippen LogP contribution is -2.11. The number of aromatic nitrogens is 2. The largest absolute Gasteiger partial charge is 0.345 e. The lowest BCUT2D eigenvalue weighted by molar-refractivity contribution is 0.102. The van der Waals surface area contributed by atoms with Crippen molar-refractivity contribution in [3.8, 4) is 0 Å². The maximum Gasteiger partial charge on any atom is 0.255 e. The first-order valence-electron chi connectivity index (χ1n) is 5.72. The molecule has 3 rings (SSSR count).